The second kappa shape index (κ2) is 9.42. The van der Waals surface area contributed by atoms with Crippen molar-refractivity contribution in [2.75, 3.05) is 27.4 Å². The van der Waals surface area contributed by atoms with E-state index in [0.717, 1.165) is 5.56 Å². The van der Waals surface area contributed by atoms with Gasteiger partial charge in [0.2, 0.25) is 5.75 Å². The number of carbonyl (C=O) groups is 2. The molecule has 0 spiro atoms. The number of hydrogen-bond acceptors (Lipinski definition) is 5. The van der Waals surface area contributed by atoms with Crippen LogP contribution in [0.2, 0.25) is 0 Å². The van der Waals surface area contributed by atoms with Crippen molar-refractivity contribution in [3.8, 4) is 17.2 Å². The van der Waals surface area contributed by atoms with Crippen LogP contribution in [0.25, 0.3) is 0 Å². The molecule has 0 fully saturated rings. The lowest BCUT2D eigenvalue weighted by atomic mass is 10.1. The van der Waals surface area contributed by atoms with Crippen LogP contribution in [0.4, 0.5) is 4.39 Å². The Bertz CT molecular complexity index is 783. The Labute approximate surface area is 156 Å². The third-order valence-corrected chi connectivity index (χ3v) is 3.69. The van der Waals surface area contributed by atoms with Gasteiger partial charge in [0.25, 0.3) is 11.8 Å². The van der Waals surface area contributed by atoms with Crippen molar-refractivity contribution in [1.29, 1.82) is 0 Å². The zero-order chi connectivity index (χ0) is 19.8. The van der Waals surface area contributed by atoms with Gasteiger partial charge in [0.1, 0.15) is 5.82 Å². The number of methoxy groups -OCH3 is 2. The standard InChI is InChI=1S/C19H21FN2O5/c1-25-15-9-13(10-16(26-2)18(15)27-11-17(21)23)19(24)22-8-7-12-3-5-14(20)6-4-12/h3-6,9-10H,7-8,11H2,1-2H3,(H2,21,23)(H,22,24). The lowest BCUT2D eigenvalue weighted by Gasteiger charge is -2.15. The van der Waals surface area contributed by atoms with Gasteiger partial charge in [-0.2, -0.15) is 0 Å². The molecule has 0 saturated carbocycles. The lowest BCUT2D eigenvalue weighted by Crippen LogP contribution is -2.26. The summed E-state index contributed by atoms with van der Waals surface area (Å²) in [5.41, 5.74) is 6.29. The Morgan fingerprint density at radius 1 is 1.07 bits per heavy atom. The Hall–Kier alpha value is -3.29. The van der Waals surface area contributed by atoms with Crippen molar-refractivity contribution in [3.05, 3.63) is 53.3 Å². The van der Waals surface area contributed by atoms with Gasteiger partial charge in [0.15, 0.2) is 18.1 Å². The summed E-state index contributed by atoms with van der Waals surface area (Å²) in [6.45, 7) is 0.0188. The predicted octanol–water partition coefficient (Wildman–Crippen LogP) is 1.68. The van der Waals surface area contributed by atoms with Gasteiger partial charge in [-0.3, -0.25) is 9.59 Å². The first kappa shape index (κ1) is 20.0. The molecule has 0 saturated heterocycles. The van der Waals surface area contributed by atoms with Gasteiger partial charge in [-0.15, -0.1) is 0 Å². The highest BCUT2D eigenvalue weighted by Crippen LogP contribution is 2.38. The van der Waals surface area contributed by atoms with Crippen molar-refractivity contribution < 1.29 is 28.2 Å². The quantitative estimate of drug-likeness (QED) is 0.694. The minimum Gasteiger partial charge on any atom is -0.493 e. The smallest absolute Gasteiger partial charge is 0.255 e. The van der Waals surface area contributed by atoms with Gasteiger partial charge in [0, 0.05) is 12.1 Å². The molecular formula is C19H21FN2O5. The highest BCUT2D eigenvalue weighted by molar-refractivity contribution is 5.95. The molecule has 144 valence electrons. The number of primary amides is 1. The highest BCUT2D eigenvalue weighted by atomic mass is 19.1. The molecule has 0 aliphatic heterocycles. The van der Waals surface area contributed by atoms with E-state index in [1.807, 2.05) is 0 Å². The minimum absolute atomic E-state index is 0.182. The topological polar surface area (TPSA) is 99.9 Å². The van der Waals surface area contributed by atoms with E-state index < -0.39 is 5.91 Å². The summed E-state index contributed by atoms with van der Waals surface area (Å²) in [5, 5.41) is 2.78. The molecule has 0 aliphatic carbocycles. The van der Waals surface area contributed by atoms with Crippen LogP contribution in [0.15, 0.2) is 36.4 Å². The largest absolute Gasteiger partial charge is 0.493 e. The third kappa shape index (κ3) is 5.60. The van der Waals surface area contributed by atoms with Crippen LogP contribution in [0.3, 0.4) is 0 Å². The molecular weight excluding hydrogens is 355 g/mol. The van der Waals surface area contributed by atoms with Crippen LogP contribution < -0.4 is 25.3 Å². The number of rotatable bonds is 9. The molecule has 27 heavy (non-hydrogen) atoms. The van der Waals surface area contributed by atoms with E-state index in [0.29, 0.717) is 18.5 Å². The predicted molar refractivity (Wildman–Crippen MR) is 96.7 cm³/mol. The number of carbonyl (C=O) groups excluding carboxylic acids is 2. The summed E-state index contributed by atoms with van der Waals surface area (Å²) in [6.07, 6.45) is 0.556. The van der Waals surface area contributed by atoms with Gasteiger partial charge in [0.05, 0.1) is 14.2 Å². The highest BCUT2D eigenvalue weighted by Gasteiger charge is 2.18. The Morgan fingerprint density at radius 2 is 1.67 bits per heavy atom. The van der Waals surface area contributed by atoms with Gasteiger partial charge < -0.3 is 25.3 Å². The number of benzene rings is 2. The molecule has 0 heterocycles. The van der Waals surface area contributed by atoms with Crippen LogP contribution in [0, 0.1) is 5.82 Å². The van der Waals surface area contributed by atoms with Crippen LogP contribution in [-0.4, -0.2) is 39.2 Å². The van der Waals surface area contributed by atoms with Gasteiger partial charge >= 0.3 is 0 Å². The van der Waals surface area contributed by atoms with Crippen molar-refractivity contribution in [2.24, 2.45) is 5.73 Å². The van der Waals surface area contributed by atoms with Crippen LogP contribution in [0.1, 0.15) is 15.9 Å². The van der Waals surface area contributed by atoms with Crippen LogP contribution in [-0.2, 0) is 11.2 Å². The van der Waals surface area contributed by atoms with Gasteiger partial charge in [-0.05, 0) is 36.2 Å². The molecule has 0 unspecified atom stereocenters. The molecule has 0 atom stereocenters. The van der Waals surface area contributed by atoms with Crippen LogP contribution in [0.5, 0.6) is 17.2 Å². The Kier molecular flexibility index (Phi) is 6.99. The number of amides is 2. The van der Waals surface area contributed by atoms with E-state index in [2.05, 4.69) is 5.32 Å². The maximum absolute atomic E-state index is 12.9. The summed E-state index contributed by atoms with van der Waals surface area (Å²) in [5.74, 6) is -0.641. The summed E-state index contributed by atoms with van der Waals surface area (Å²) in [6, 6.07) is 9.03. The molecule has 2 aromatic rings. The maximum Gasteiger partial charge on any atom is 0.255 e. The van der Waals surface area contributed by atoms with Crippen molar-refractivity contribution in [3.63, 3.8) is 0 Å². The monoisotopic (exact) mass is 376 g/mol. The molecule has 8 heteroatoms. The van der Waals surface area contributed by atoms with Gasteiger partial charge in [-0.1, -0.05) is 12.1 Å². The Balaban J connectivity index is 2.08. The number of nitrogens with one attached hydrogen (secondary N) is 1. The van der Waals surface area contributed by atoms with E-state index in [-0.39, 0.29) is 35.6 Å². The SMILES string of the molecule is COc1cc(C(=O)NCCc2ccc(F)cc2)cc(OC)c1OCC(N)=O. The van der Waals surface area contributed by atoms with E-state index in [1.54, 1.807) is 12.1 Å². The van der Waals surface area contributed by atoms with Crippen molar-refractivity contribution in [2.45, 2.75) is 6.42 Å². The molecule has 2 aromatic carbocycles. The first-order valence-electron chi connectivity index (χ1n) is 8.14. The molecule has 0 aromatic heterocycles. The van der Waals surface area contributed by atoms with E-state index in [4.69, 9.17) is 19.9 Å². The average molecular weight is 376 g/mol. The fourth-order valence-corrected chi connectivity index (χ4v) is 2.37. The fraction of sp³-hybridized carbons (Fsp3) is 0.263. The second-order valence-electron chi connectivity index (χ2n) is 5.60. The third-order valence-electron chi connectivity index (χ3n) is 3.69. The second-order valence-corrected chi connectivity index (χ2v) is 5.60. The van der Waals surface area contributed by atoms with Crippen LogP contribution >= 0.6 is 0 Å². The summed E-state index contributed by atoms with van der Waals surface area (Å²) in [7, 11) is 2.81. The summed E-state index contributed by atoms with van der Waals surface area (Å²) < 4.78 is 28.7. The van der Waals surface area contributed by atoms with Gasteiger partial charge in [-0.25, -0.2) is 4.39 Å². The molecule has 0 radical (unpaired) electrons. The minimum atomic E-state index is -0.651. The molecule has 3 N–H and O–H groups in total. The zero-order valence-electron chi connectivity index (χ0n) is 15.1. The Morgan fingerprint density at radius 3 is 2.19 bits per heavy atom. The molecule has 7 nitrogen and oxygen atoms in total. The lowest BCUT2D eigenvalue weighted by molar-refractivity contribution is -0.120. The normalized spacial score (nSPS) is 10.2. The number of ether oxygens (including phenoxy) is 3. The van der Waals surface area contributed by atoms with Crippen molar-refractivity contribution in [1.82, 2.24) is 5.32 Å². The van der Waals surface area contributed by atoms with Crippen molar-refractivity contribution >= 4 is 11.8 Å². The summed E-state index contributed by atoms with van der Waals surface area (Å²) >= 11 is 0. The average Bonchev–Trinajstić information content (AvgIpc) is 2.66. The van der Waals surface area contributed by atoms with E-state index in [1.165, 1.54) is 38.5 Å². The van der Waals surface area contributed by atoms with E-state index >= 15 is 0 Å². The number of halogens is 1. The first-order valence-corrected chi connectivity index (χ1v) is 8.14. The molecule has 0 bridgehead atoms. The molecule has 2 amide bonds. The summed E-state index contributed by atoms with van der Waals surface area (Å²) in [4.78, 5) is 23.3. The maximum atomic E-state index is 12.9. The molecule has 2 rings (SSSR count). The first-order chi connectivity index (χ1) is 12.9. The number of hydrogen-bond donors (Lipinski definition) is 2. The fourth-order valence-electron chi connectivity index (χ4n) is 2.37. The zero-order valence-corrected chi connectivity index (χ0v) is 15.1. The van der Waals surface area contributed by atoms with E-state index in [9.17, 15) is 14.0 Å². The molecule has 0 aliphatic rings. The number of nitrogens with two attached hydrogens (primary N) is 1.